The van der Waals surface area contributed by atoms with Crippen LogP contribution in [0.2, 0.25) is 15.1 Å². The highest BCUT2D eigenvalue weighted by Crippen LogP contribution is 2.29. The summed E-state index contributed by atoms with van der Waals surface area (Å²) in [6.07, 6.45) is 0.513. The van der Waals surface area contributed by atoms with E-state index in [9.17, 15) is 23.2 Å². The summed E-state index contributed by atoms with van der Waals surface area (Å²) in [7, 11) is 0. The first-order valence-electron chi connectivity index (χ1n) is 12.3. The third kappa shape index (κ3) is 9.60. The van der Waals surface area contributed by atoms with Gasteiger partial charge in [-0.1, -0.05) is 67.7 Å². The van der Waals surface area contributed by atoms with Crippen LogP contribution in [0.15, 0.2) is 42.5 Å². The zero-order valence-electron chi connectivity index (χ0n) is 21.8. The molecule has 0 bridgehead atoms. The molecule has 0 spiro atoms. The van der Waals surface area contributed by atoms with Crippen molar-refractivity contribution >= 4 is 52.4 Å². The van der Waals surface area contributed by atoms with Gasteiger partial charge in [0.1, 0.15) is 5.75 Å². The second-order valence-electron chi connectivity index (χ2n) is 9.44. The smallest absolute Gasteiger partial charge is 0.381 e. The number of hydrogen-bond acceptors (Lipinski definition) is 5. The Balaban J connectivity index is 2.30. The fourth-order valence-corrected chi connectivity index (χ4v) is 4.64. The van der Waals surface area contributed by atoms with Crippen LogP contribution in [-0.4, -0.2) is 48.8 Å². The lowest BCUT2D eigenvalue weighted by Gasteiger charge is -2.34. The molecule has 0 heterocycles. The Labute approximate surface area is 241 Å². The monoisotopic (exact) mass is 605 g/mol. The molecule has 39 heavy (non-hydrogen) atoms. The molecule has 2 aromatic rings. The van der Waals surface area contributed by atoms with E-state index in [1.165, 1.54) is 18.2 Å². The maximum absolute atomic E-state index is 14.9. The fourth-order valence-electron chi connectivity index (χ4n) is 4.01. The Morgan fingerprint density at radius 1 is 1.00 bits per heavy atom. The summed E-state index contributed by atoms with van der Waals surface area (Å²) >= 11 is 17.9. The minimum absolute atomic E-state index is 0.00676. The molecule has 0 saturated heterocycles. The number of rotatable bonds is 14. The molecule has 7 nitrogen and oxygen atoms in total. The second kappa shape index (κ2) is 14.8. The average Bonchev–Trinajstić information content (AvgIpc) is 2.86. The summed E-state index contributed by atoms with van der Waals surface area (Å²) in [5.74, 6) is -10.1. The van der Waals surface area contributed by atoms with Gasteiger partial charge in [0.2, 0.25) is 5.78 Å². The Hall–Kier alpha value is -2.46. The van der Waals surface area contributed by atoms with Crippen LogP contribution in [0, 0.1) is 11.8 Å². The van der Waals surface area contributed by atoms with Gasteiger partial charge in [0.25, 0.3) is 11.8 Å². The predicted molar refractivity (Wildman–Crippen MR) is 149 cm³/mol. The van der Waals surface area contributed by atoms with Crippen LogP contribution in [-0.2, 0) is 20.8 Å². The van der Waals surface area contributed by atoms with Gasteiger partial charge in [-0.2, -0.15) is 8.78 Å². The average molecular weight is 607 g/mol. The molecule has 0 saturated carbocycles. The lowest BCUT2D eigenvalue weighted by molar-refractivity contribution is -0.162. The summed E-state index contributed by atoms with van der Waals surface area (Å²) in [5.41, 5.74) is 7.12. The maximum atomic E-state index is 14.9. The van der Waals surface area contributed by atoms with Crippen LogP contribution in [0.5, 0.6) is 5.75 Å². The first kappa shape index (κ1) is 32.8. The van der Waals surface area contributed by atoms with Crippen molar-refractivity contribution in [3.05, 3.63) is 63.1 Å². The van der Waals surface area contributed by atoms with E-state index < -0.39 is 54.0 Å². The molecule has 0 aliphatic heterocycles. The number of carbonyl (C=O) groups excluding carboxylic acids is 3. The number of nitrogens with one attached hydrogen (secondary N) is 2. The Morgan fingerprint density at radius 2 is 1.59 bits per heavy atom. The van der Waals surface area contributed by atoms with Gasteiger partial charge in [-0.15, -0.1) is 0 Å². The Morgan fingerprint density at radius 3 is 2.13 bits per heavy atom. The zero-order valence-corrected chi connectivity index (χ0v) is 24.0. The number of ether oxygens (including phenoxy) is 1. The molecule has 0 aromatic heterocycles. The van der Waals surface area contributed by atoms with Crippen molar-refractivity contribution in [2.45, 2.75) is 51.6 Å². The lowest BCUT2D eigenvalue weighted by atomic mass is 9.78. The number of amides is 2. The van der Waals surface area contributed by atoms with Gasteiger partial charge in [0.05, 0.1) is 0 Å². The topological polar surface area (TPSA) is 111 Å². The number of alkyl halides is 2. The molecule has 12 heteroatoms. The minimum atomic E-state index is -4.30. The highest BCUT2D eigenvalue weighted by molar-refractivity contribution is 6.34. The number of carbonyl (C=O) groups is 3. The predicted octanol–water partition coefficient (Wildman–Crippen LogP) is 5.08. The standard InChI is InChI=1S/C27H32Cl3F2N3O4/c1-4-9-34-26(38)27(31,32)25(37)23(15(2)3)24(33)21(10-16-5-7-17(28)8-6-16)35-22(36)14-39-20-12-18(29)11-19(30)13-20/h5-8,11-13,15,21,23-24H,4,9-10,14,33H2,1-3H3,(H,34,38)(H,35,36)/t21-,23-,24?/m0/s1. The van der Waals surface area contributed by atoms with Crippen molar-refractivity contribution in [2.24, 2.45) is 17.6 Å². The minimum Gasteiger partial charge on any atom is -0.484 e. The molecular weight excluding hydrogens is 575 g/mol. The van der Waals surface area contributed by atoms with E-state index in [1.54, 1.807) is 45.0 Å². The third-order valence-electron chi connectivity index (χ3n) is 5.95. The number of Topliss-reactive ketones (excluding diaryl/α,β-unsaturated/α-hetero) is 1. The molecule has 0 aliphatic rings. The van der Waals surface area contributed by atoms with Gasteiger partial charge in [-0.3, -0.25) is 14.4 Å². The van der Waals surface area contributed by atoms with Crippen molar-refractivity contribution in [3.63, 3.8) is 0 Å². The summed E-state index contributed by atoms with van der Waals surface area (Å²) in [6, 6.07) is 8.83. The van der Waals surface area contributed by atoms with Crippen molar-refractivity contribution < 1.29 is 27.9 Å². The SMILES string of the molecule is CCCNC(=O)C(F)(F)C(=O)[C@@H](C(C)C)C(N)[C@H](Cc1ccc(Cl)cc1)NC(=O)COc1cc(Cl)cc(Cl)c1. The summed E-state index contributed by atoms with van der Waals surface area (Å²) in [6.45, 7) is 4.33. The highest BCUT2D eigenvalue weighted by atomic mass is 35.5. The molecule has 214 valence electrons. The van der Waals surface area contributed by atoms with Gasteiger partial charge >= 0.3 is 5.92 Å². The van der Waals surface area contributed by atoms with Crippen LogP contribution in [0.3, 0.4) is 0 Å². The largest absolute Gasteiger partial charge is 0.484 e. The van der Waals surface area contributed by atoms with E-state index in [-0.39, 0.29) is 18.7 Å². The fraction of sp³-hybridized carbons (Fsp3) is 0.444. The van der Waals surface area contributed by atoms with Crippen molar-refractivity contribution in [3.8, 4) is 5.75 Å². The van der Waals surface area contributed by atoms with Crippen LogP contribution >= 0.6 is 34.8 Å². The van der Waals surface area contributed by atoms with Gasteiger partial charge < -0.3 is 21.1 Å². The number of hydrogen-bond donors (Lipinski definition) is 3. The molecule has 0 radical (unpaired) electrons. The Kier molecular flexibility index (Phi) is 12.4. The van der Waals surface area contributed by atoms with E-state index >= 15 is 0 Å². The number of nitrogens with two attached hydrogens (primary N) is 1. The lowest BCUT2D eigenvalue weighted by Crippen LogP contribution is -2.59. The zero-order chi connectivity index (χ0) is 29.3. The second-order valence-corrected chi connectivity index (χ2v) is 10.7. The van der Waals surface area contributed by atoms with Gasteiger partial charge in [0.15, 0.2) is 6.61 Å². The van der Waals surface area contributed by atoms with Crippen LogP contribution in [0.25, 0.3) is 0 Å². The number of halogens is 5. The molecule has 4 N–H and O–H groups in total. The van der Waals surface area contributed by atoms with Gasteiger partial charge in [-0.25, -0.2) is 0 Å². The molecule has 1 unspecified atom stereocenters. The third-order valence-corrected chi connectivity index (χ3v) is 6.64. The number of ketones is 1. The van der Waals surface area contributed by atoms with E-state index in [4.69, 9.17) is 45.3 Å². The van der Waals surface area contributed by atoms with Crippen molar-refractivity contribution in [1.29, 1.82) is 0 Å². The van der Waals surface area contributed by atoms with Crippen LogP contribution in [0.1, 0.15) is 32.8 Å². The first-order chi connectivity index (χ1) is 18.3. The Bertz CT molecular complexity index is 1130. The molecule has 2 rings (SSSR count). The molecule has 0 fully saturated rings. The number of benzene rings is 2. The van der Waals surface area contributed by atoms with E-state index in [1.807, 2.05) is 0 Å². The van der Waals surface area contributed by atoms with Gasteiger partial charge in [0, 0.05) is 39.6 Å². The molecule has 2 amide bonds. The molecule has 3 atom stereocenters. The van der Waals surface area contributed by atoms with Crippen LogP contribution in [0.4, 0.5) is 8.78 Å². The van der Waals surface area contributed by atoms with E-state index in [0.29, 0.717) is 27.1 Å². The summed E-state index contributed by atoms with van der Waals surface area (Å²) in [5, 5.41) is 5.86. The first-order valence-corrected chi connectivity index (χ1v) is 13.5. The van der Waals surface area contributed by atoms with E-state index in [0.717, 1.165) is 0 Å². The molecular formula is C27H32Cl3F2N3O4. The van der Waals surface area contributed by atoms with Crippen LogP contribution < -0.4 is 21.1 Å². The summed E-state index contributed by atoms with van der Waals surface area (Å²) in [4.78, 5) is 38.0. The maximum Gasteiger partial charge on any atom is 0.381 e. The van der Waals surface area contributed by atoms with E-state index in [2.05, 4.69) is 10.6 Å². The molecule has 0 aliphatic carbocycles. The van der Waals surface area contributed by atoms with Crippen molar-refractivity contribution in [1.82, 2.24) is 10.6 Å². The molecule has 2 aromatic carbocycles. The quantitative estimate of drug-likeness (QED) is 0.260. The summed E-state index contributed by atoms with van der Waals surface area (Å²) < 4.78 is 35.3. The van der Waals surface area contributed by atoms with Gasteiger partial charge in [-0.05, 0) is 54.7 Å². The van der Waals surface area contributed by atoms with Crippen molar-refractivity contribution in [2.75, 3.05) is 13.2 Å². The normalized spacial score (nSPS) is 13.9. The highest BCUT2D eigenvalue weighted by Gasteiger charge is 2.52.